The quantitative estimate of drug-likeness (QED) is 0.742. The van der Waals surface area contributed by atoms with Crippen LogP contribution in [-0.4, -0.2) is 29.2 Å². The van der Waals surface area contributed by atoms with Gasteiger partial charge in [-0.15, -0.1) is 0 Å². The number of carbonyl (C=O) groups is 1. The number of rotatable bonds is 3. The summed E-state index contributed by atoms with van der Waals surface area (Å²) in [5.41, 5.74) is 3.12. The summed E-state index contributed by atoms with van der Waals surface area (Å²) in [4.78, 5) is 11.8. The van der Waals surface area contributed by atoms with E-state index in [-0.39, 0.29) is 5.78 Å². The van der Waals surface area contributed by atoms with Crippen molar-refractivity contribution in [3.05, 3.63) is 17.0 Å². The highest BCUT2D eigenvalue weighted by Crippen LogP contribution is 2.23. The molecule has 0 saturated heterocycles. The van der Waals surface area contributed by atoms with Crippen LogP contribution >= 0.6 is 0 Å². The molecule has 2 rings (SSSR count). The Morgan fingerprint density at radius 1 is 1.47 bits per heavy atom. The van der Waals surface area contributed by atoms with Crippen molar-refractivity contribution in [1.29, 1.82) is 0 Å². The number of aromatic nitrogens is 2. The van der Waals surface area contributed by atoms with Crippen molar-refractivity contribution in [3.63, 3.8) is 0 Å². The zero-order valence-corrected chi connectivity index (χ0v) is 9.34. The zero-order chi connectivity index (χ0) is 10.8. The van der Waals surface area contributed by atoms with E-state index in [1.165, 1.54) is 24.1 Å². The summed E-state index contributed by atoms with van der Waals surface area (Å²) in [6.07, 6.45) is 4.46. The number of nitrogens with one attached hydrogen (secondary N) is 1. The summed E-state index contributed by atoms with van der Waals surface area (Å²) >= 11 is 0. The predicted octanol–water partition coefficient (Wildman–Crippen LogP) is 0.701. The Morgan fingerprint density at radius 3 is 2.93 bits per heavy atom. The summed E-state index contributed by atoms with van der Waals surface area (Å²) in [5.74, 6) is 0.108. The number of aryl methyl sites for hydroxylation is 1. The van der Waals surface area contributed by atoms with Crippen LogP contribution in [0.25, 0.3) is 0 Å². The average molecular weight is 207 g/mol. The maximum absolute atomic E-state index is 11.8. The molecule has 0 bridgehead atoms. The first-order valence-electron chi connectivity index (χ1n) is 5.46. The van der Waals surface area contributed by atoms with E-state index in [9.17, 15) is 4.79 Å². The number of nitrogens with zero attached hydrogens (tertiary/aromatic N) is 2. The van der Waals surface area contributed by atoms with Crippen LogP contribution in [-0.2, 0) is 19.9 Å². The SMILES string of the molecule is CNCC(=O)c1nn(C)c2c1CCCC2. The Kier molecular flexibility index (Phi) is 2.86. The van der Waals surface area contributed by atoms with Gasteiger partial charge < -0.3 is 5.32 Å². The Bertz CT molecular complexity index is 381. The van der Waals surface area contributed by atoms with Crippen LogP contribution in [0.2, 0.25) is 0 Å². The van der Waals surface area contributed by atoms with Crippen molar-refractivity contribution in [1.82, 2.24) is 15.1 Å². The second-order valence-electron chi connectivity index (χ2n) is 4.06. The van der Waals surface area contributed by atoms with E-state index in [1.807, 2.05) is 11.7 Å². The van der Waals surface area contributed by atoms with Crippen LogP contribution in [0.15, 0.2) is 0 Å². The highest BCUT2D eigenvalue weighted by molar-refractivity contribution is 5.97. The third-order valence-corrected chi connectivity index (χ3v) is 2.97. The fraction of sp³-hybridized carbons (Fsp3) is 0.636. The number of ketones is 1. The van der Waals surface area contributed by atoms with E-state index in [0.717, 1.165) is 12.8 Å². The van der Waals surface area contributed by atoms with Gasteiger partial charge in [0.05, 0.1) is 6.54 Å². The molecule has 15 heavy (non-hydrogen) atoms. The van der Waals surface area contributed by atoms with E-state index >= 15 is 0 Å². The standard InChI is InChI=1S/C11H17N3O/c1-12-7-10(15)11-8-5-3-4-6-9(8)14(2)13-11/h12H,3-7H2,1-2H3. The number of carbonyl (C=O) groups excluding carboxylic acids is 1. The average Bonchev–Trinajstić information content (AvgIpc) is 2.58. The molecule has 1 aromatic heterocycles. The van der Waals surface area contributed by atoms with Gasteiger partial charge in [0.1, 0.15) is 5.69 Å². The molecule has 0 unspecified atom stereocenters. The summed E-state index contributed by atoms with van der Waals surface area (Å²) in [7, 11) is 3.72. The van der Waals surface area contributed by atoms with Gasteiger partial charge in [-0.2, -0.15) is 5.10 Å². The zero-order valence-electron chi connectivity index (χ0n) is 9.34. The van der Waals surface area contributed by atoms with E-state index in [0.29, 0.717) is 12.2 Å². The van der Waals surface area contributed by atoms with Gasteiger partial charge in [0.2, 0.25) is 0 Å². The minimum atomic E-state index is 0.108. The van der Waals surface area contributed by atoms with Gasteiger partial charge in [0, 0.05) is 18.3 Å². The maximum atomic E-state index is 11.8. The molecular formula is C11H17N3O. The molecule has 4 nitrogen and oxygen atoms in total. The predicted molar refractivity (Wildman–Crippen MR) is 58.1 cm³/mol. The molecule has 0 aromatic carbocycles. The van der Waals surface area contributed by atoms with Gasteiger partial charge in [-0.3, -0.25) is 9.48 Å². The monoisotopic (exact) mass is 207 g/mol. The molecule has 1 aliphatic carbocycles. The second kappa shape index (κ2) is 4.14. The number of fused-ring (bicyclic) bond motifs is 1. The second-order valence-corrected chi connectivity index (χ2v) is 4.06. The Labute approximate surface area is 89.7 Å². The Morgan fingerprint density at radius 2 is 2.20 bits per heavy atom. The first-order chi connectivity index (χ1) is 7.24. The first-order valence-corrected chi connectivity index (χ1v) is 5.46. The number of likely N-dealkylation sites (N-methyl/N-ethyl adjacent to an activating group) is 1. The lowest BCUT2D eigenvalue weighted by Gasteiger charge is -2.12. The molecule has 1 aromatic rings. The summed E-state index contributed by atoms with van der Waals surface area (Å²) in [6, 6.07) is 0. The van der Waals surface area contributed by atoms with Crippen molar-refractivity contribution in [3.8, 4) is 0 Å². The lowest BCUT2D eigenvalue weighted by Crippen LogP contribution is -2.20. The smallest absolute Gasteiger partial charge is 0.197 e. The maximum Gasteiger partial charge on any atom is 0.197 e. The van der Waals surface area contributed by atoms with E-state index in [2.05, 4.69) is 10.4 Å². The number of hydrogen-bond acceptors (Lipinski definition) is 3. The topological polar surface area (TPSA) is 46.9 Å². The van der Waals surface area contributed by atoms with Crippen LogP contribution in [0.4, 0.5) is 0 Å². The van der Waals surface area contributed by atoms with Gasteiger partial charge in [-0.05, 0) is 32.7 Å². The van der Waals surface area contributed by atoms with E-state index < -0.39 is 0 Å². The molecular weight excluding hydrogens is 190 g/mol. The summed E-state index contributed by atoms with van der Waals surface area (Å²) in [6.45, 7) is 0.378. The third-order valence-electron chi connectivity index (χ3n) is 2.97. The van der Waals surface area contributed by atoms with Crippen molar-refractivity contribution >= 4 is 5.78 Å². The van der Waals surface area contributed by atoms with E-state index in [4.69, 9.17) is 0 Å². The molecule has 1 heterocycles. The molecule has 1 N–H and O–H groups in total. The molecule has 0 atom stereocenters. The van der Waals surface area contributed by atoms with Crippen molar-refractivity contribution in [2.75, 3.05) is 13.6 Å². The lowest BCUT2D eigenvalue weighted by molar-refractivity contribution is 0.0987. The van der Waals surface area contributed by atoms with Crippen molar-refractivity contribution in [2.45, 2.75) is 25.7 Å². The molecule has 0 radical (unpaired) electrons. The normalized spacial score (nSPS) is 15.1. The summed E-state index contributed by atoms with van der Waals surface area (Å²) < 4.78 is 1.87. The van der Waals surface area contributed by atoms with Crippen molar-refractivity contribution < 1.29 is 4.79 Å². The van der Waals surface area contributed by atoms with Gasteiger partial charge in [-0.1, -0.05) is 0 Å². The van der Waals surface area contributed by atoms with Gasteiger partial charge in [-0.25, -0.2) is 0 Å². The molecule has 1 aliphatic rings. The minimum Gasteiger partial charge on any atom is -0.313 e. The molecule has 82 valence electrons. The van der Waals surface area contributed by atoms with Gasteiger partial charge in [0.15, 0.2) is 5.78 Å². The van der Waals surface area contributed by atoms with Crippen molar-refractivity contribution in [2.24, 2.45) is 7.05 Å². The molecule has 4 heteroatoms. The van der Waals surface area contributed by atoms with Crippen LogP contribution < -0.4 is 5.32 Å². The van der Waals surface area contributed by atoms with Gasteiger partial charge >= 0.3 is 0 Å². The first kappa shape index (κ1) is 10.4. The number of hydrogen-bond donors (Lipinski definition) is 1. The molecule has 0 saturated carbocycles. The Hall–Kier alpha value is -1.16. The summed E-state index contributed by atoms with van der Waals surface area (Å²) in [5, 5.41) is 7.22. The highest BCUT2D eigenvalue weighted by atomic mass is 16.1. The highest BCUT2D eigenvalue weighted by Gasteiger charge is 2.22. The largest absolute Gasteiger partial charge is 0.313 e. The Balaban J connectivity index is 2.35. The van der Waals surface area contributed by atoms with Gasteiger partial charge in [0.25, 0.3) is 0 Å². The van der Waals surface area contributed by atoms with Crippen LogP contribution in [0.5, 0.6) is 0 Å². The molecule has 0 aliphatic heterocycles. The van der Waals surface area contributed by atoms with Crippen LogP contribution in [0.1, 0.15) is 34.6 Å². The minimum absolute atomic E-state index is 0.108. The van der Waals surface area contributed by atoms with Crippen LogP contribution in [0, 0.1) is 0 Å². The molecule has 0 fully saturated rings. The van der Waals surface area contributed by atoms with Crippen LogP contribution in [0.3, 0.4) is 0 Å². The number of Topliss-reactive ketones (excluding diaryl/α,β-unsaturated/α-hetero) is 1. The fourth-order valence-electron chi connectivity index (χ4n) is 2.24. The fourth-order valence-corrected chi connectivity index (χ4v) is 2.24. The molecule has 0 spiro atoms. The lowest BCUT2D eigenvalue weighted by atomic mass is 9.94. The third kappa shape index (κ3) is 1.81. The molecule has 0 amide bonds. The van der Waals surface area contributed by atoms with E-state index in [1.54, 1.807) is 7.05 Å².